The normalized spacial score (nSPS) is 24.9. The molecule has 0 radical (unpaired) electrons. The highest BCUT2D eigenvalue weighted by molar-refractivity contribution is 5.73. The third-order valence-electron chi connectivity index (χ3n) is 3.38. The molecule has 0 aliphatic heterocycles. The minimum atomic E-state index is -0.463. The Morgan fingerprint density at radius 1 is 0.938 bits per heavy atom. The van der Waals surface area contributed by atoms with E-state index in [4.69, 9.17) is 11.5 Å². The van der Waals surface area contributed by atoms with Gasteiger partial charge in [0.1, 0.15) is 0 Å². The third-order valence-corrected chi connectivity index (χ3v) is 3.38. The van der Waals surface area contributed by atoms with Gasteiger partial charge < -0.3 is 21.3 Å². The van der Waals surface area contributed by atoms with E-state index in [1.807, 2.05) is 0 Å². The number of carbonyl (C=O) groups is 2. The second kappa shape index (κ2) is 5.05. The van der Waals surface area contributed by atoms with Gasteiger partial charge in [0, 0.05) is 14.1 Å². The number of nitrogens with two attached hydrogens (primary N) is 2. The molecule has 0 aromatic carbocycles. The van der Waals surface area contributed by atoms with E-state index in [9.17, 15) is 9.59 Å². The molecular formula is C10H20N4O2. The van der Waals surface area contributed by atoms with E-state index in [2.05, 4.69) is 0 Å². The van der Waals surface area contributed by atoms with Gasteiger partial charge in [-0.25, -0.2) is 9.59 Å². The van der Waals surface area contributed by atoms with E-state index in [0.29, 0.717) is 0 Å². The van der Waals surface area contributed by atoms with Crippen molar-refractivity contribution in [2.75, 3.05) is 14.1 Å². The second-order valence-corrected chi connectivity index (χ2v) is 4.32. The number of primary amides is 2. The topological polar surface area (TPSA) is 92.7 Å². The van der Waals surface area contributed by atoms with E-state index < -0.39 is 12.1 Å². The fourth-order valence-corrected chi connectivity index (χ4v) is 2.32. The summed E-state index contributed by atoms with van der Waals surface area (Å²) in [7, 11) is 3.33. The summed E-state index contributed by atoms with van der Waals surface area (Å²) in [5.41, 5.74) is 10.5. The molecule has 2 atom stereocenters. The Bertz CT molecular complexity index is 254. The maximum Gasteiger partial charge on any atom is 0.314 e. The second-order valence-electron chi connectivity index (χ2n) is 4.32. The van der Waals surface area contributed by atoms with Crippen LogP contribution in [0.25, 0.3) is 0 Å². The molecule has 0 spiro atoms. The molecule has 6 heteroatoms. The van der Waals surface area contributed by atoms with Gasteiger partial charge in [0.15, 0.2) is 0 Å². The Hall–Kier alpha value is -1.46. The molecule has 1 aliphatic carbocycles. The van der Waals surface area contributed by atoms with Gasteiger partial charge in [-0.3, -0.25) is 0 Å². The molecule has 6 nitrogen and oxygen atoms in total. The SMILES string of the molecule is CN(C(N)=O)C1CCCCC1N(C)C(N)=O. The Morgan fingerprint density at radius 3 is 1.50 bits per heavy atom. The van der Waals surface area contributed by atoms with Gasteiger partial charge in [-0.15, -0.1) is 0 Å². The van der Waals surface area contributed by atoms with Crippen LogP contribution < -0.4 is 11.5 Å². The number of hydrogen-bond donors (Lipinski definition) is 2. The number of likely N-dealkylation sites (N-methyl/N-ethyl adjacent to an activating group) is 2. The first-order valence-electron chi connectivity index (χ1n) is 5.49. The number of urea groups is 2. The minimum Gasteiger partial charge on any atom is -0.351 e. The Kier molecular flexibility index (Phi) is 3.98. The highest BCUT2D eigenvalue weighted by Gasteiger charge is 2.33. The van der Waals surface area contributed by atoms with Crippen molar-refractivity contribution in [2.24, 2.45) is 11.5 Å². The predicted octanol–water partition coefficient (Wildman–Crippen LogP) is 0.319. The zero-order chi connectivity index (χ0) is 12.3. The smallest absolute Gasteiger partial charge is 0.314 e. The quantitative estimate of drug-likeness (QED) is 0.712. The van der Waals surface area contributed by atoms with Crippen LogP contribution in [-0.2, 0) is 0 Å². The van der Waals surface area contributed by atoms with Crippen molar-refractivity contribution in [3.63, 3.8) is 0 Å². The number of carbonyl (C=O) groups excluding carboxylic acids is 2. The van der Waals surface area contributed by atoms with Crippen molar-refractivity contribution in [1.29, 1.82) is 0 Å². The van der Waals surface area contributed by atoms with Crippen LogP contribution in [0.3, 0.4) is 0 Å². The molecule has 4 N–H and O–H groups in total. The fraction of sp³-hybridized carbons (Fsp3) is 0.800. The molecule has 92 valence electrons. The van der Waals surface area contributed by atoms with Gasteiger partial charge in [0.25, 0.3) is 0 Å². The molecule has 0 bridgehead atoms. The molecule has 1 aliphatic rings. The fourth-order valence-electron chi connectivity index (χ4n) is 2.32. The first-order chi connectivity index (χ1) is 7.45. The minimum absolute atomic E-state index is 0.0243. The summed E-state index contributed by atoms with van der Waals surface area (Å²) < 4.78 is 0. The number of amides is 4. The molecular weight excluding hydrogens is 208 g/mol. The Morgan fingerprint density at radius 2 is 1.25 bits per heavy atom. The monoisotopic (exact) mass is 228 g/mol. The van der Waals surface area contributed by atoms with Crippen LogP contribution in [0, 0.1) is 0 Å². The molecule has 1 rings (SSSR count). The average molecular weight is 228 g/mol. The summed E-state index contributed by atoms with van der Waals surface area (Å²) in [4.78, 5) is 25.3. The van der Waals surface area contributed by atoms with Crippen molar-refractivity contribution in [2.45, 2.75) is 37.8 Å². The van der Waals surface area contributed by atoms with Gasteiger partial charge in [0.2, 0.25) is 0 Å². The molecule has 4 amide bonds. The maximum absolute atomic E-state index is 11.2. The number of nitrogens with zero attached hydrogens (tertiary/aromatic N) is 2. The van der Waals surface area contributed by atoms with Gasteiger partial charge in [-0.05, 0) is 12.8 Å². The lowest BCUT2D eigenvalue weighted by Crippen LogP contribution is -2.56. The third kappa shape index (κ3) is 2.56. The summed E-state index contributed by atoms with van der Waals surface area (Å²) in [5.74, 6) is 0. The molecule has 1 saturated carbocycles. The van der Waals surface area contributed by atoms with E-state index in [1.165, 1.54) is 9.80 Å². The van der Waals surface area contributed by atoms with Crippen LogP contribution >= 0.6 is 0 Å². The lowest BCUT2D eigenvalue weighted by molar-refractivity contribution is 0.110. The molecule has 16 heavy (non-hydrogen) atoms. The summed E-state index contributed by atoms with van der Waals surface area (Å²) in [6.07, 6.45) is 3.82. The molecule has 1 fully saturated rings. The van der Waals surface area contributed by atoms with E-state index >= 15 is 0 Å². The largest absolute Gasteiger partial charge is 0.351 e. The maximum atomic E-state index is 11.2. The van der Waals surface area contributed by atoms with Crippen LogP contribution in [0.4, 0.5) is 9.59 Å². The van der Waals surface area contributed by atoms with Crippen LogP contribution in [0.5, 0.6) is 0 Å². The molecule has 0 saturated heterocycles. The Labute approximate surface area is 95.5 Å². The first kappa shape index (κ1) is 12.6. The van der Waals surface area contributed by atoms with Crippen molar-refractivity contribution >= 4 is 12.1 Å². The van der Waals surface area contributed by atoms with Crippen LogP contribution in [0.2, 0.25) is 0 Å². The standard InChI is InChI=1S/C10H20N4O2/c1-13(9(11)15)7-5-3-4-6-8(7)14(2)10(12)16/h7-8H,3-6H2,1-2H3,(H2,11,15)(H2,12,16). The predicted molar refractivity (Wildman–Crippen MR) is 60.7 cm³/mol. The zero-order valence-electron chi connectivity index (χ0n) is 9.85. The summed E-state index contributed by atoms with van der Waals surface area (Å²) >= 11 is 0. The summed E-state index contributed by atoms with van der Waals surface area (Å²) in [6.45, 7) is 0. The van der Waals surface area contributed by atoms with Gasteiger partial charge in [0.05, 0.1) is 12.1 Å². The molecule has 2 unspecified atom stereocenters. The number of hydrogen-bond acceptors (Lipinski definition) is 2. The van der Waals surface area contributed by atoms with Crippen molar-refractivity contribution in [1.82, 2.24) is 9.80 Å². The highest BCUT2D eigenvalue weighted by Crippen LogP contribution is 2.25. The van der Waals surface area contributed by atoms with Gasteiger partial charge >= 0.3 is 12.1 Å². The lowest BCUT2D eigenvalue weighted by atomic mass is 9.88. The van der Waals surface area contributed by atoms with E-state index in [-0.39, 0.29) is 12.1 Å². The van der Waals surface area contributed by atoms with Crippen LogP contribution in [0.15, 0.2) is 0 Å². The summed E-state index contributed by atoms with van der Waals surface area (Å²) in [5, 5.41) is 0. The van der Waals surface area contributed by atoms with Gasteiger partial charge in [-0.1, -0.05) is 12.8 Å². The zero-order valence-corrected chi connectivity index (χ0v) is 9.85. The van der Waals surface area contributed by atoms with Crippen LogP contribution in [0.1, 0.15) is 25.7 Å². The van der Waals surface area contributed by atoms with Crippen molar-refractivity contribution in [3.05, 3.63) is 0 Å². The Balaban J connectivity index is 2.78. The van der Waals surface area contributed by atoms with Crippen molar-refractivity contribution in [3.8, 4) is 0 Å². The van der Waals surface area contributed by atoms with Crippen LogP contribution in [-0.4, -0.2) is 48.0 Å². The van der Waals surface area contributed by atoms with E-state index in [1.54, 1.807) is 14.1 Å². The van der Waals surface area contributed by atoms with Gasteiger partial charge in [-0.2, -0.15) is 0 Å². The van der Waals surface area contributed by atoms with E-state index in [0.717, 1.165) is 25.7 Å². The average Bonchev–Trinajstić information content (AvgIpc) is 2.26. The molecule has 0 aromatic heterocycles. The lowest BCUT2D eigenvalue weighted by Gasteiger charge is -2.41. The highest BCUT2D eigenvalue weighted by atomic mass is 16.2. The number of rotatable bonds is 2. The summed E-state index contributed by atoms with van der Waals surface area (Å²) in [6, 6.07) is -0.975. The molecule has 0 heterocycles. The molecule has 0 aromatic rings. The first-order valence-corrected chi connectivity index (χ1v) is 5.49. The van der Waals surface area contributed by atoms with Crippen molar-refractivity contribution < 1.29 is 9.59 Å².